The number of anilines is 1. The van der Waals surface area contributed by atoms with Gasteiger partial charge in [-0.25, -0.2) is 4.39 Å². The molecular weight excluding hydrogens is 215 g/mol. The Morgan fingerprint density at radius 3 is 2.76 bits per heavy atom. The predicted octanol–water partition coefficient (Wildman–Crippen LogP) is 3.57. The van der Waals surface area contributed by atoms with E-state index in [0.717, 1.165) is 17.7 Å². The lowest BCUT2D eigenvalue weighted by molar-refractivity contribution is 0.629. The Balaban J connectivity index is 2.07. The fraction of sp³-hybridized carbons (Fsp3) is 0.286. The van der Waals surface area contributed by atoms with Crippen LogP contribution >= 0.6 is 0 Å². The average molecular weight is 232 g/mol. The van der Waals surface area contributed by atoms with Gasteiger partial charge in [0.2, 0.25) is 0 Å². The first kappa shape index (κ1) is 11.7. The third-order valence-corrected chi connectivity index (χ3v) is 2.87. The highest BCUT2D eigenvalue weighted by molar-refractivity contribution is 5.51. The van der Waals surface area contributed by atoms with Crippen molar-refractivity contribution in [2.45, 2.75) is 26.9 Å². The van der Waals surface area contributed by atoms with Gasteiger partial charge in [0.1, 0.15) is 5.82 Å². The minimum atomic E-state index is -0.195. The summed E-state index contributed by atoms with van der Waals surface area (Å²) in [5, 5.41) is 3.15. The Morgan fingerprint density at radius 2 is 2.12 bits per heavy atom. The molecule has 0 saturated carbocycles. The van der Waals surface area contributed by atoms with Crippen LogP contribution in [0.4, 0.5) is 10.1 Å². The van der Waals surface area contributed by atoms with Crippen molar-refractivity contribution in [2.24, 2.45) is 0 Å². The normalized spacial score (nSPS) is 10.5. The Bertz CT molecular complexity index is 482. The second-order valence-electron chi connectivity index (χ2n) is 4.14. The van der Waals surface area contributed by atoms with Crippen LogP contribution in [-0.2, 0) is 13.1 Å². The van der Waals surface area contributed by atoms with Gasteiger partial charge < -0.3 is 9.88 Å². The molecular formula is C14H17FN2. The molecule has 0 atom stereocenters. The zero-order chi connectivity index (χ0) is 12.3. The van der Waals surface area contributed by atoms with E-state index in [1.807, 2.05) is 25.3 Å². The van der Waals surface area contributed by atoms with E-state index in [1.54, 1.807) is 6.07 Å². The van der Waals surface area contributed by atoms with Crippen molar-refractivity contribution < 1.29 is 4.39 Å². The molecule has 0 fully saturated rings. The molecule has 0 bridgehead atoms. The molecule has 1 aromatic carbocycles. The van der Waals surface area contributed by atoms with E-state index in [-0.39, 0.29) is 5.82 Å². The van der Waals surface area contributed by atoms with Crippen LogP contribution in [0, 0.1) is 12.7 Å². The van der Waals surface area contributed by atoms with Gasteiger partial charge in [-0.15, -0.1) is 0 Å². The number of para-hydroxylation sites is 1. The maximum absolute atomic E-state index is 13.6. The maximum atomic E-state index is 13.6. The molecule has 0 saturated heterocycles. The van der Waals surface area contributed by atoms with Gasteiger partial charge in [0.05, 0.1) is 5.69 Å². The Morgan fingerprint density at radius 1 is 1.29 bits per heavy atom. The summed E-state index contributed by atoms with van der Waals surface area (Å²) in [4.78, 5) is 0. The molecule has 90 valence electrons. The summed E-state index contributed by atoms with van der Waals surface area (Å²) in [6.45, 7) is 5.61. The van der Waals surface area contributed by atoms with E-state index in [1.165, 1.54) is 6.07 Å². The lowest BCUT2D eigenvalue weighted by Crippen LogP contribution is -2.02. The SMILES string of the molecule is CCn1ccc(CNc2c(C)cccc2F)c1. The summed E-state index contributed by atoms with van der Waals surface area (Å²) >= 11 is 0. The van der Waals surface area contributed by atoms with E-state index >= 15 is 0 Å². The number of hydrogen-bond donors (Lipinski definition) is 1. The van der Waals surface area contributed by atoms with Gasteiger partial charge in [0.25, 0.3) is 0 Å². The first-order valence-electron chi connectivity index (χ1n) is 5.84. The largest absolute Gasteiger partial charge is 0.378 e. The number of benzene rings is 1. The summed E-state index contributed by atoms with van der Waals surface area (Å²) < 4.78 is 15.7. The Kier molecular flexibility index (Phi) is 3.47. The van der Waals surface area contributed by atoms with E-state index in [9.17, 15) is 4.39 Å². The highest BCUT2D eigenvalue weighted by atomic mass is 19.1. The second kappa shape index (κ2) is 5.04. The zero-order valence-corrected chi connectivity index (χ0v) is 10.2. The van der Waals surface area contributed by atoms with Gasteiger partial charge in [-0.2, -0.15) is 0 Å². The van der Waals surface area contributed by atoms with Crippen LogP contribution in [0.5, 0.6) is 0 Å². The molecule has 2 rings (SSSR count). The van der Waals surface area contributed by atoms with Crippen molar-refractivity contribution in [3.05, 3.63) is 53.6 Å². The van der Waals surface area contributed by atoms with Gasteiger partial charge in [0.15, 0.2) is 0 Å². The van der Waals surface area contributed by atoms with Gasteiger partial charge in [-0.1, -0.05) is 12.1 Å². The highest BCUT2D eigenvalue weighted by Gasteiger charge is 2.04. The summed E-state index contributed by atoms with van der Waals surface area (Å²) in [7, 11) is 0. The fourth-order valence-electron chi connectivity index (χ4n) is 1.84. The van der Waals surface area contributed by atoms with E-state index < -0.39 is 0 Å². The van der Waals surface area contributed by atoms with E-state index in [0.29, 0.717) is 12.2 Å². The number of halogens is 1. The van der Waals surface area contributed by atoms with Crippen molar-refractivity contribution >= 4 is 5.69 Å². The van der Waals surface area contributed by atoms with Crippen LogP contribution < -0.4 is 5.32 Å². The minimum absolute atomic E-state index is 0.195. The van der Waals surface area contributed by atoms with Gasteiger partial charge in [0, 0.05) is 25.5 Å². The summed E-state index contributed by atoms with van der Waals surface area (Å²) in [6.07, 6.45) is 4.11. The first-order valence-corrected chi connectivity index (χ1v) is 5.84. The molecule has 1 aromatic heterocycles. The second-order valence-corrected chi connectivity index (χ2v) is 4.14. The third-order valence-electron chi connectivity index (χ3n) is 2.87. The number of aryl methyl sites for hydroxylation is 2. The molecule has 1 N–H and O–H groups in total. The number of nitrogens with one attached hydrogen (secondary N) is 1. The van der Waals surface area contributed by atoms with Crippen LogP contribution in [0.1, 0.15) is 18.1 Å². The first-order chi connectivity index (χ1) is 8.20. The Hall–Kier alpha value is -1.77. The maximum Gasteiger partial charge on any atom is 0.146 e. The molecule has 0 aliphatic rings. The molecule has 3 heteroatoms. The van der Waals surface area contributed by atoms with Crippen molar-refractivity contribution in [1.82, 2.24) is 4.57 Å². The lowest BCUT2D eigenvalue weighted by atomic mass is 10.2. The molecule has 2 aromatic rings. The smallest absolute Gasteiger partial charge is 0.146 e. The molecule has 0 spiro atoms. The Labute approximate surface area is 101 Å². The third kappa shape index (κ3) is 2.67. The topological polar surface area (TPSA) is 17.0 Å². The van der Waals surface area contributed by atoms with Crippen LogP contribution in [0.3, 0.4) is 0 Å². The number of nitrogens with zero attached hydrogens (tertiary/aromatic N) is 1. The van der Waals surface area contributed by atoms with Crippen molar-refractivity contribution in [3.63, 3.8) is 0 Å². The fourth-order valence-corrected chi connectivity index (χ4v) is 1.84. The molecule has 1 heterocycles. The van der Waals surface area contributed by atoms with Gasteiger partial charge in [-0.05, 0) is 37.1 Å². The molecule has 0 aliphatic heterocycles. The van der Waals surface area contributed by atoms with E-state index in [4.69, 9.17) is 0 Å². The quantitative estimate of drug-likeness (QED) is 0.852. The zero-order valence-electron chi connectivity index (χ0n) is 10.2. The molecule has 0 unspecified atom stereocenters. The number of rotatable bonds is 4. The molecule has 0 radical (unpaired) electrons. The predicted molar refractivity (Wildman–Crippen MR) is 68.6 cm³/mol. The van der Waals surface area contributed by atoms with E-state index in [2.05, 4.69) is 23.0 Å². The van der Waals surface area contributed by atoms with Crippen LogP contribution in [0.15, 0.2) is 36.7 Å². The van der Waals surface area contributed by atoms with Crippen LogP contribution in [0.25, 0.3) is 0 Å². The van der Waals surface area contributed by atoms with Crippen molar-refractivity contribution in [1.29, 1.82) is 0 Å². The van der Waals surface area contributed by atoms with Crippen LogP contribution in [0.2, 0.25) is 0 Å². The number of hydrogen-bond acceptors (Lipinski definition) is 1. The molecule has 17 heavy (non-hydrogen) atoms. The van der Waals surface area contributed by atoms with Crippen molar-refractivity contribution in [2.75, 3.05) is 5.32 Å². The minimum Gasteiger partial charge on any atom is -0.378 e. The summed E-state index contributed by atoms with van der Waals surface area (Å²) in [5.41, 5.74) is 2.69. The molecule has 0 aliphatic carbocycles. The monoisotopic (exact) mass is 232 g/mol. The van der Waals surface area contributed by atoms with Gasteiger partial charge in [-0.3, -0.25) is 0 Å². The molecule has 0 amide bonds. The summed E-state index contributed by atoms with van der Waals surface area (Å²) in [6, 6.07) is 7.16. The van der Waals surface area contributed by atoms with Crippen molar-refractivity contribution in [3.8, 4) is 0 Å². The average Bonchev–Trinajstić information content (AvgIpc) is 2.76. The summed E-state index contributed by atoms with van der Waals surface area (Å²) in [5.74, 6) is -0.195. The number of aromatic nitrogens is 1. The highest BCUT2D eigenvalue weighted by Crippen LogP contribution is 2.19. The van der Waals surface area contributed by atoms with Gasteiger partial charge >= 0.3 is 0 Å². The lowest BCUT2D eigenvalue weighted by Gasteiger charge is -2.09. The standard InChI is InChI=1S/C14H17FN2/c1-3-17-8-7-12(10-17)9-16-14-11(2)5-4-6-13(14)15/h4-8,10,16H,3,9H2,1-2H3. The van der Waals surface area contributed by atoms with Crippen LogP contribution in [-0.4, -0.2) is 4.57 Å². The molecule has 2 nitrogen and oxygen atoms in total.